The number of rotatable bonds is 8. The zero-order chi connectivity index (χ0) is 25.1. The largest absolute Gasteiger partial charge is 0.507 e. The van der Waals surface area contributed by atoms with Gasteiger partial charge in [-0.2, -0.15) is 0 Å². The average Bonchev–Trinajstić information content (AvgIpc) is 2.86. The second kappa shape index (κ2) is 10.5. The Labute approximate surface area is 216 Å². The van der Waals surface area contributed by atoms with Gasteiger partial charge in [-0.05, 0) is 90.4 Å². The Bertz CT molecular complexity index is 1300. The summed E-state index contributed by atoms with van der Waals surface area (Å²) in [6.45, 7) is 9.31. The van der Waals surface area contributed by atoms with Crippen molar-refractivity contribution in [3.8, 4) is 11.5 Å². The summed E-state index contributed by atoms with van der Waals surface area (Å²) in [7, 11) is 0. The van der Waals surface area contributed by atoms with Gasteiger partial charge in [0.15, 0.2) is 0 Å². The molecule has 0 aromatic heterocycles. The van der Waals surface area contributed by atoms with Crippen molar-refractivity contribution in [3.63, 3.8) is 0 Å². The van der Waals surface area contributed by atoms with Gasteiger partial charge in [0.05, 0.1) is 5.56 Å². The van der Waals surface area contributed by atoms with Crippen LogP contribution >= 0.6 is 0 Å². The summed E-state index contributed by atoms with van der Waals surface area (Å²) in [6.07, 6.45) is 11.4. The average molecular weight is 482 g/mol. The Morgan fingerprint density at radius 3 is 2.56 bits per heavy atom. The molecule has 0 fully saturated rings. The number of nitrogens with zero attached hydrogens (tertiary/aromatic N) is 1. The molecule has 0 saturated carbocycles. The number of aryl methyl sites for hydroxylation is 1. The molecule has 0 amide bonds. The van der Waals surface area contributed by atoms with Crippen molar-refractivity contribution in [1.82, 2.24) is 4.90 Å². The Kier molecular flexibility index (Phi) is 7.20. The van der Waals surface area contributed by atoms with Gasteiger partial charge in [0.25, 0.3) is 0 Å². The van der Waals surface area contributed by atoms with Gasteiger partial charge in [-0.3, -0.25) is 4.90 Å². The SMILES string of the molecule is CCCCCCc1cc(O)c2c(c1)OC(C)(C)C=C2C1=CCN(Cc2ccc3ccccc3c2)CC1. The van der Waals surface area contributed by atoms with Crippen LogP contribution in [0, 0.1) is 0 Å². The number of benzene rings is 3. The van der Waals surface area contributed by atoms with E-state index in [4.69, 9.17) is 4.74 Å². The first-order valence-corrected chi connectivity index (χ1v) is 13.6. The lowest BCUT2D eigenvalue weighted by molar-refractivity contribution is 0.157. The third-order valence-electron chi connectivity index (χ3n) is 7.45. The quantitative estimate of drug-likeness (QED) is 0.330. The van der Waals surface area contributed by atoms with Crippen molar-refractivity contribution in [2.24, 2.45) is 0 Å². The fraction of sp³-hybridized carbons (Fsp3) is 0.394. The Balaban J connectivity index is 1.33. The molecule has 3 aromatic rings. The normalized spacial score (nSPS) is 17.3. The number of hydrogen-bond donors (Lipinski definition) is 1. The zero-order valence-corrected chi connectivity index (χ0v) is 22.0. The zero-order valence-electron chi connectivity index (χ0n) is 22.0. The molecule has 0 aliphatic carbocycles. The highest BCUT2D eigenvalue weighted by molar-refractivity contribution is 5.87. The Morgan fingerprint density at radius 2 is 1.78 bits per heavy atom. The van der Waals surface area contributed by atoms with Crippen LogP contribution in [0.2, 0.25) is 0 Å². The van der Waals surface area contributed by atoms with Crippen LogP contribution in [0.4, 0.5) is 0 Å². The van der Waals surface area contributed by atoms with Crippen LogP contribution in [0.25, 0.3) is 16.3 Å². The number of ether oxygens (including phenoxy) is 1. The van der Waals surface area contributed by atoms with Gasteiger partial charge in [-0.1, -0.05) is 68.7 Å². The molecule has 0 atom stereocenters. The number of unbranched alkanes of at least 4 members (excludes halogenated alkanes) is 3. The molecule has 0 saturated heterocycles. The van der Waals surface area contributed by atoms with E-state index in [2.05, 4.69) is 86.4 Å². The molecule has 3 nitrogen and oxygen atoms in total. The van der Waals surface area contributed by atoms with Gasteiger partial charge in [-0.25, -0.2) is 0 Å². The van der Waals surface area contributed by atoms with Crippen LogP contribution < -0.4 is 4.74 Å². The summed E-state index contributed by atoms with van der Waals surface area (Å²) in [6, 6.07) is 19.5. The number of allylic oxidation sites excluding steroid dienone is 1. The Hall–Kier alpha value is -3.04. The highest BCUT2D eigenvalue weighted by Crippen LogP contribution is 2.46. The van der Waals surface area contributed by atoms with E-state index in [-0.39, 0.29) is 0 Å². The van der Waals surface area contributed by atoms with E-state index in [1.54, 1.807) is 0 Å². The predicted molar refractivity (Wildman–Crippen MR) is 151 cm³/mol. The van der Waals surface area contributed by atoms with Gasteiger partial charge < -0.3 is 9.84 Å². The molecule has 0 spiro atoms. The monoisotopic (exact) mass is 481 g/mol. The standard InChI is InChI=1S/C33H39NO2/c1-4-5-6-7-10-24-20-30(35)32-29(22-33(2,3)36-31(32)21-24)27-15-17-34(18-16-27)23-25-13-14-26-11-8-9-12-28(26)19-25/h8-9,11-15,19-22,35H,4-7,10,16-18,23H2,1-3H3. The second-order valence-corrected chi connectivity index (χ2v) is 11.0. The summed E-state index contributed by atoms with van der Waals surface area (Å²) in [5.41, 5.74) is 5.43. The van der Waals surface area contributed by atoms with E-state index in [9.17, 15) is 5.11 Å². The molecule has 188 valence electrons. The molecular formula is C33H39NO2. The van der Waals surface area contributed by atoms with E-state index in [1.165, 1.54) is 46.7 Å². The molecule has 2 heterocycles. The first-order chi connectivity index (χ1) is 17.4. The lowest BCUT2D eigenvalue weighted by Crippen LogP contribution is -2.31. The minimum Gasteiger partial charge on any atom is -0.507 e. The molecule has 5 rings (SSSR count). The number of hydrogen-bond acceptors (Lipinski definition) is 3. The molecule has 2 aliphatic rings. The van der Waals surface area contributed by atoms with Crippen LogP contribution in [-0.4, -0.2) is 28.7 Å². The molecule has 1 N–H and O–H groups in total. The number of aromatic hydroxyl groups is 1. The summed E-state index contributed by atoms with van der Waals surface area (Å²) < 4.78 is 6.35. The van der Waals surface area contributed by atoms with E-state index in [0.717, 1.165) is 55.8 Å². The van der Waals surface area contributed by atoms with Crippen molar-refractivity contribution in [3.05, 3.63) is 89.0 Å². The fourth-order valence-corrected chi connectivity index (χ4v) is 5.59. The van der Waals surface area contributed by atoms with Gasteiger partial charge >= 0.3 is 0 Å². The van der Waals surface area contributed by atoms with Crippen molar-refractivity contribution in [2.45, 2.75) is 71.4 Å². The van der Waals surface area contributed by atoms with E-state index in [0.29, 0.717) is 5.75 Å². The number of phenolic OH excluding ortho intramolecular Hbond substituents is 1. The molecule has 2 aliphatic heterocycles. The first-order valence-electron chi connectivity index (χ1n) is 13.6. The van der Waals surface area contributed by atoms with Crippen molar-refractivity contribution < 1.29 is 9.84 Å². The Morgan fingerprint density at radius 1 is 0.944 bits per heavy atom. The first kappa shape index (κ1) is 24.6. The topological polar surface area (TPSA) is 32.7 Å². The fourth-order valence-electron chi connectivity index (χ4n) is 5.59. The van der Waals surface area contributed by atoms with Gasteiger partial charge in [0.1, 0.15) is 17.1 Å². The van der Waals surface area contributed by atoms with Crippen LogP contribution in [0.15, 0.2) is 72.3 Å². The lowest BCUT2D eigenvalue weighted by Gasteiger charge is -2.34. The summed E-state index contributed by atoms with van der Waals surface area (Å²) in [5.74, 6) is 1.17. The van der Waals surface area contributed by atoms with Gasteiger partial charge in [0, 0.05) is 19.6 Å². The molecule has 0 unspecified atom stereocenters. The number of phenols is 1. The molecule has 36 heavy (non-hydrogen) atoms. The maximum atomic E-state index is 11.1. The minimum atomic E-state index is -0.404. The maximum Gasteiger partial charge on any atom is 0.132 e. The summed E-state index contributed by atoms with van der Waals surface area (Å²) in [4.78, 5) is 2.50. The third kappa shape index (κ3) is 5.52. The van der Waals surface area contributed by atoms with Gasteiger partial charge in [-0.15, -0.1) is 0 Å². The lowest BCUT2D eigenvalue weighted by atomic mass is 9.85. The molecule has 0 radical (unpaired) electrons. The number of fused-ring (bicyclic) bond motifs is 2. The van der Waals surface area contributed by atoms with Crippen LogP contribution in [0.5, 0.6) is 11.5 Å². The maximum absolute atomic E-state index is 11.1. The van der Waals surface area contributed by atoms with Crippen LogP contribution in [-0.2, 0) is 13.0 Å². The smallest absolute Gasteiger partial charge is 0.132 e. The molecule has 3 aromatic carbocycles. The third-order valence-corrected chi connectivity index (χ3v) is 7.45. The van der Waals surface area contributed by atoms with Gasteiger partial charge in [0.2, 0.25) is 0 Å². The molecule has 3 heteroatoms. The van der Waals surface area contributed by atoms with E-state index < -0.39 is 5.60 Å². The summed E-state index contributed by atoms with van der Waals surface area (Å²) in [5, 5.41) is 13.7. The minimum absolute atomic E-state index is 0.347. The van der Waals surface area contributed by atoms with Crippen LogP contribution in [0.3, 0.4) is 0 Å². The van der Waals surface area contributed by atoms with E-state index >= 15 is 0 Å². The van der Waals surface area contributed by atoms with Crippen LogP contribution in [0.1, 0.15) is 69.6 Å². The molecular weight excluding hydrogens is 442 g/mol. The van der Waals surface area contributed by atoms with Crippen molar-refractivity contribution >= 4 is 16.3 Å². The second-order valence-electron chi connectivity index (χ2n) is 11.0. The summed E-state index contributed by atoms with van der Waals surface area (Å²) >= 11 is 0. The van der Waals surface area contributed by atoms with Crippen molar-refractivity contribution in [2.75, 3.05) is 13.1 Å². The van der Waals surface area contributed by atoms with E-state index in [1.807, 2.05) is 6.07 Å². The highest BCUT2D eigenvalue weighted by atomic mass is 16.5. The predicted octanol–water partition coefficient (Wildman–Crippen LogP) is 8.05. The van der Waals surface area contributed by atoms with Crippen molar-refractivity contribution in [1.29, 1.82) is 0 Å². The highest BCUT2D eigenvalue weighted by Gasteiger charge is 2.31. The molecule has 0 bridgehead atoms.